The number of fused-ring (bicyclic) bond motifs is 1. The maximum Gasteiger partial charge on any atom is 0.162 e. The average molecular weight is 378 g/mol. The van der Waals surface area contributed by atoms with Gasteiger partial charge >= 0.3 is 0 Å². The van der Waals surface area contributed by atoms with E-state index in [4.69, 9.17) is 16.3 Å². The summed E-state index contributed by atoms with van der Waals surface area (Å²) in [6.07, 6.45) is 1.46. The summed E-state index contributed by atoms with van der Waals surface area (Å²) in [4.78, 5) is 8.20. The lowest BCUT2D eigenvalue weighted by Gasteiger charge is -2.22. The molecule has 26 heavy (non-hydrogen) atoms. The second-order valence-electron chi connectivity index (χ2n) is 6.48. The zero-order chi connectivity index (χ0) is 18.4. The highest BCUT2D eigenvalue weighted by Gasteiger charge is 2.45. The molecule has 1 saturated heterocycles. The lowest BCUT2D eigenvalue weighted by molar-refractivity contribution is -0.0776. The Labute approximate surface area is 153 Å². The van der Waals surface area contributed by atoms with E-state index in [1.165, 1.54) is 18.5 Å². The number of ether oxygens (including phenoxy) is 1. The molecule has 3 heterocycles. The molecule has 0 bridgehead atoms. The average Bonchev–Trinajstić information content (AvgIpc) is 3.19. The molecule has 2 N–H and O–H groups in total. The Kier molecular flexibility index (Phi) is 4.40. The van der Waals surface area contributed by atoms with Gasteiger partial charge in [0, 0.05) is 23.7 Å². The molecule has 1 aromatic carbocycles. The third-order valence-electron chi connectivity index (χ3n) is 4.89. The molecule has 0 amide bonds. The summed E-state index contributed by atoms with van der Waals surface area (Å²) in [6, 6.07) is 5.94. The Morgan fingerprint density at radius 3 is 2.92 bits per heavy atom. The zero-order valence-corrected chi connectivity index (χ0v) is 14.6. The Morgan fingerprint density at radius 1 is 1.35 bits per heavy atom. The van der Waals surface area contributed by atoms with Crippen molar-refractivity contribution in [3.8, 4) is 0 Å². The van der Waals surface area contributed by atoms with Crippen molar-refractivity contribution < 1.29 is 19.3 Å². The molecule has 0 spiro atoms. The summed E-state index contributed by atoms with van der Waals surface area (Å²) in [5.41, 5.74) is 0.972. The first kappa shape index (κ1) is 17.4. The molecule has 136 valence electrons. The fourth-order valence-corrected chi connectivity index (χ4v) is 3.52. The van der Waals surface area contributed by atoms with Crippen LogP contribution in [0.3, 0.4) is 0 Å². The molecule has 0 saturated carbocycles. The smallest absolute Gasteiger partial charge is 0.162 e. The van der Waals surface area contributed by atoms with Crippen LogP contribution in [-0.4, -0.2) is 37.0 Å². The van der Waals surface area contributed by atoms with Crippen molar-refractivity contribution in [3.05, 3.63) is 59.4 Å². The lowest BCUT2D eigenvalue weighted by atomic mass is 9.93. The van der Waals surface area contributed by atoms with E-state index in [0.29, 0.717) is 11.2 Å². The maximum absolute atomic E-state index is 13.7. The molecule has 5 atom stereocenters. The van der Waals surface area contributed by atoms with E-state index in [-0.39, 0.29) is 10.9 Å². The Balaban J connectivity index is 1.64. The minimum absolute atomic E-state index is 0.0160. The van der Waals surface area contributed by atoms with Crippen LogP contribution in [-0.2, 0) is 4.74 Å². The van der Waals surface area contributed by atoms with Crippen LogP contribution in [0.5, 0.6) is 0 Å². The monoisotopic (exact) mass is 377 g/mol. The summed E-state index contributed by atoms with van der Waals surface area (Å²) < 4.78 is 21.4. The van der Waals surface area contributed by atoms with Crippen molar-refractivity contribution in [1.29, 1.82) is 0 Å². The summed E-state index contributed by atoms with van der Waals surface area (Å²) >= 11 is 5.70. The first-order valence-electron chi connectivity index (χ1n) is 8.20. The normalized spacial score (nSPS) is 27.1. The topological polar surface area (TPSA) is 80.4 Å². The number of halogens is 2. The fourth-order valence-electron chi connectivity index (χ4n) is 3.40. The standard InChI is InChI=1S/C18H17ClFN3O3/c1-9-14(24)18(23-5-4-11-7-21-8-22-17(11)23)26-16(9)15(25)10-2-3-12(19)13(20)6-10/h2-9,14-16,18,24-25H,1H3. The van der Waals surface area contributed by atoms with Crippen LogP contribution in [0.15, 0.2) is 43.0 Å². The van der Waals surface area contributed by atoms with E-state index in [0.717, 1.165) is 5.39 Å². The number of hydrogen-bond acceptors (Lipinski definition) is 5. The molecule has 8 heteroatoms. The number of benzene rings is 1. The minimum atomic E-state index is -1.10. The van der Waals surface area contributed by atoms with Gasteiger partial charge in [0.05, 0.1) is 11.1 Å². The van der Waals surface area contributed by atoms with Gasteiger partial charge in [-0.25, -0.2) is 14.4 Å². The molecule has 1 aliphatic heterocycles. The fraction of sp³-hybridized carbons (Fsp3) is 0.333. The molecule has 2 aromatic heterocycles. The number of aliphatic hydroxyl groups is 2. The van der Waals surface area contributed by atoms with E-state index in [2.05, 4.69) is 9.97 Å². The van der Waals surface area contributed by atoms with Crippen LogP contribution >= 0.6 is 11.6 Å². The molecule has 0 aliphatic carbocycles. The quantitative estimate of drug-likeness (QED) is 0.733. The van der Waals surface area contributed by atoms with Crippen LogP contribution in [0.4, 0.5) is 4.39 Å². The maximum atomic E-state index is 13.7. The molecular formula is C18H17ClFN3O3. The molecule has 5 unspecified atom stereocenters. The minimum Gasteiger partial charge on any atom is -0.388 e. The van der Waals surface area contributed by atoms with Crippen LogP contribution < -0.4 is 0 Å². The largest absolute Gasteiger partial charge is 0.388 e. The lowest BCUT2D eigenvalue weighted by Crippen LogP contribution is -2.27. The molecule has 6 nitrogen and oxygen atoms in total. The predicted molar refractivity (Wildman–Crippen MR) is 93.0 cm³/mol. The van der Waals surface area contributed by atoms with E-state index >= 15 is 0 Å². The molecule has 3 aromatic rings. The third-order valence-corrected chi connectivity index (χ3v) is 5.20. The van der Waals surface area contributed by atoms with Gasteiger partial charge in [-0.3, -0.25) is 0 Å². The van der Waals surface area contributed by atoms with Crippen LogP contribution in [0.2, 0.25) is 5.02 Å². The number of nitrogens with zero attached hydrogens (tertiary/aromatic N) is 3. The van der Waals surface area contributed by atoms with Gasteiger partial charge in [0.25, 0.3) is 0 Å². The molecular weight excluding hydrogens is 361 g/mol. The third kappa shape index (κ3) is 2.77. The Morgan fingerprint density at radius 2 is 2.15 bits per heavy atom. The van der Waals surface area contributed by atoms with E-state index in [1.54, 1.807) is 30.0 Å². The van der Waals surface area contributed by atoms with Crippen molar-refractivity contribution in [2.24, 2.45) is 5.92 Å². The van der Waals surface area contributed by atoms with Gasteiger partial charge in [-0.15, -0.1) is 0 Å². The first-order chi connectivity index (χ1) is 12.5. The van der Waals surface area contributed by atoms with E-state index < -0.39 is 30.4 Å². The second kappa shape index (κ2) is 6.59. The molecule has 4 rings (SSSR count). The van der Waals surface area contributed by atoms with Gasteiger partial charge < -0.3 is 19.5 Å². The summed E-state index contributed by atoms with van der Waals surface area (Å²) in [6.45, 7) is 1.78. The van der Waals surface area contributed by atoms with Crippen molar-refractivity contribution in [2.45, 2.75) is 31.5 Å². The highest BCUT2D eigenvalue weighted by atomic mass is 35.5. The Hall–Kier alpha value is -2.06. The SMILES string of the molecule is CC1C(O)C(n2ccc3cncnc32)OC1C(O)c1ccc(Cl)c(F)c1. The summed E-state index contributed by atoms with van der Waals surface area (Å²) in [7, 11) is 0. The van der Waals surface area contributed by atoms with Crippen molar-refractivity contribution >= 4 is 22.6 Å². The van der Waals surface area contributed by atoms with E-state index in [9.17, 15) is 14.6 Å². The van der Waals surface area contributed by atoms with Crippen LogP contribution in [0.1, 0.15) is 24.8 Å². The number of rotatable bonds is 3. The van der Waals surface area contributed by atoms with Gasteiger partial charge in [-0.05, 0) is 23.8 Å². The van der Waals surface area contributed by atoms with Gasteiger partial charge in [0.2, 0.25) is 0 Å². The summed E-state index contributed by atoms with van der Waals surface area (Å²) in [5, 5.41) is 22.1. The predicted octanol–water partition coefficient (Wildman–Crippen LogP) is 2.85. The van der Waals surface area contributed by atoms with Crippen molar-refractivity contribution in [1.82, 2.24) is 14.5 Å². The number of hydrogen-bond donors (Lipinski definition) is 2. The van der Waals surface area contributed by atoms with Gasteiger partial charge in [0.1, 0.15) is 30.0 Å². The van der Waals surface area contributed by atoms with Crippen molar-refractivity contribution in [2.75, 3.05) is 0 Å². The van der Waals surface area contributed by atoms with Crippen LogP contribution in [0, 0.1) is 11.7 Å². The number of aliphatic hydroxyl groups excluding tert-OH is 2. The summed E-state index contributed by atoms with van der Waals surface area (Å²) in [5.74, 6) is -0.993. The molecule has 1 aliphatic rings. The van der Waals surface area contributed by atoms with Crippen molar-refractivity contribution in [3.63, 3.8) is 0 Å². The molecule has 1 fully saturated rings. The van der Waals surface area contributed by atoms with Crippen LogP contribution in [0.25, 0.3) is 11.0 Å². The van der Waals surface area contributed by atoms with Gasteiger partial charge in [-0.1, -0.05) is 24.6 Å². The first-order valence-corrected chi connectivity index (χ1v) is 8.58. The zero-order valence-electron chi connectivity index (χ0n) is 13.8. The Bertz CT molecular complexity index is 950. The van der Waals surface area contributed by atoms with Gasteiger partial charge in [-0.2, -0.15) is 0 Å². The number of aromatic nitrogens is 3. The highest BCUT2D eigenvalue weighted by molar-refractivity contribution is 6.30. The highest BCUT2D eigenvalue weighted by Crippen LogP contribution is 2.41. The second-order valence-corrected chi connectivity index (χ2v) is 6.89. The van der Waals surface area contributed by atoms with Gasteiger partial charge in [0.15, 0.2) is 6.23 Å². The molecule has 0 radical (unpaired) electrons. The van der Waals surface area contributed by atoms with E-state index in [1.807, 2.05) is 6.07 Å².